The van der Waals surface area contributed by atoms with E-state index in [0.29, 0.717) is 6.54 Å². The van der Waals surface area contributed by atoms with Gasteiger partial charge in [0.05, 0.1) is 17.8 Å². The lowest BCUT2D eigenvalue weighted by Gasteiger charge is -2.42. The van der Waals surface area contributed by atoms with Crippen LogP contribution in [0.15, 0.2) is 12.3 Å². The summed E-state index contributed by atoms with van der Waals surface area (Å²) in [7, 11) is 0. The summed E-state index contributed by atoms with van der Waals surface area (Å²) in [6, 6.07) is 1.95. The Morgan fingerprint density at radius 3 is 2.93 bits per heavy atom. The van der Waals surface area contributed by atoms with Crippen LogP contribution < -0.4 is 10.2 Å². The minimum atomic E-state index is 0.0554. The number of anilines is 1. The Kier molecular flexibility index (Phi) is 4.01. The minimum absolute atomic E-state index is 0.0554. The van der Waals surface area contributed by atoms with Crippen molar-refractivity contribution in [3.63, 3.8) is 0 Å². The zero-order chi connectivity index (χ0) is 18.4. The van der Waals surface area contributed by atoms with Crippen molar-refractivity contribution in [1.29, 1.82) is 0 Å². The second-order valence-electron chi connectivity index (χ2n) is 7.75. The van der Waals surface area contributed by atoms with Crippen LogP contribution in [0.1, 0.15) is 17.7 Å². The largest absolute Gasteiger partial charge is 0.354 e. The first-order valence-corrected chi connectivity index (χ1v) is 9.80. The Labute approximate surface area is 158 Å². The topological polar surface area (TPSA) is 65.8 Å². The van der Waals surface area contributed by atoms with Crippen LogP contribution in [0.3, 0.4) is 0 Å². The summed E-state index contributed by atoms with van der Waals surface area (Å²) >= 11 is 0. The van der Waals surface area contributed by atoms with Crippen molar-refractivity contribution in [2.45, 2.75) is 19.3 Å². The number of hydrogen-bond acceptors (Lipinski definition) is 5. The van der Waals surface area contributed by atoms with E-state index < -0.39 is 0 Å². The molecule has 0 aromatic carbocycles. The molecule has 1 amide bonds. The fraction of sp³-hybridized carbons (Fsp3) is 0.550. The average Bonchev–Trinajstić information content (AvgIpc) is 3.24. The lowest BCUT2D eigenvalue weighted by atomic mass is 9.96. The molecule has 2 aromatic rings. The van der Waals surface area contributed by atoms with Gasteiger partial charge in [0.25, 0.3) is 0 Å². The van der Waals surface area contributed by atoms with Crippen molar-refractivity contribution in [3.05, 3.63) is 23.5 Å². The number of carbonyl (C=O) groups excluding carboxylic acids is 1. The molecule has 0 bridgehead atoms. The molecule has 3 aliphatic rings. The maximum atomic E-state index is 12.8. The highest BCUT2D eigenvalue weighted by atomic mass is 16.2. The number of nitrogens with one attached hydrogen (secondary N) is 1. The molecule has 0 radical (unpaired) electrons. The van der Waals surface area contributed by atoms with E-state index in [1.807, 2.05) is 15.5 Å². The zero-order valence-electron chi connectivity index (χ0n) is 15.4. The van der Waals surface area contributed by atoms with Crippen LogP contribution in [0.4, 0.5) is 5.82 Å². The number of likely N-dealkylation sites (tertiary alicyclic amines) is 1. The van der Waals surface area contributed by atoms with Crippen molar-refractivity contribution < 1.29 is 4.79 Å². The lowest BCUT2D eigenvalue weighted by Crippen LogP contribution is -2.55. The van der Waals surface area contributed by atoms with Crippen molar-refractivity contribution in [2.75, 3.05) is 44.2 Å². The summed E-state index contributed by atoms with van der Waals surface area (Å²) in [4.78, 5) is 21.9. The molecule has 0 spiro atoms. The van der Waals surface area contributed by atoms with Crippen molar-refractivity contribution >= 4 is 17.4 Å². The minimum Gasteiger partial charge on any atom is -0.354 e. The van der Waals surface area contributed by atoms with Crippen LogP contribution >= 0.6 is 0 Å². The second kappa shape index (κ2) is 6.54. The monoisotopic (exact) mass is 364 g/mol. The Morgan fingerprint density at radius 1 is 1.26 bits per heavy atom. The standard InChI is InChI=1S/C20H24N6O/c1-2-14-6-10-24(11-14)20(27)15-12-25(13-15)19-16-3-7-21-8-4-17(16)23-18-5-9-22-26(18)19/h1,5,9,14-15,21H,3-4,6-8,10-13H2. The van der Waals surface area contributed by atoms with E-state index in [4.69, 9.17) is 11.4 Å². The van der Waals surface area contributed by atoms with Gasteiger partial charge in [0.2, 0.25) is 5.91 Å². The zero-order valence-corrected chi connectivity index (χ0v) is 15.4. The van der Waals surface area contributed by atoms with E-state index in [0.717, 1.165) is 69.1 Å². The first-order valence-electron chi connectivity index (χ1n) is 9.80. The Hall–Kier alpha value is -2.59. The molecule has 5 heterocycles. The molecule has 3 aliphatic heterocycles. The molecule has 0 aliphatic carbocycles. The summed E-state index contributed by atoms with van der Waals surface area (Å²) < 4.78 is 1.94. The summed E-state index contributed by atoms with van der Waals surface area (Å²) in [6.07, 6.45) is 10.1. The van der Waals surface area contributed by atoms with Gasteiger partial charge in [-0.05, 0) is 19.4 Å². The molecular weight excluding hydrogens is 340 g/mol. The SMILES string of the molecule is C#CC1CCN(C(=O)C2CN(c3c4c(nc5ccnn35)CCNCC4)C2)C1. The van der Waals surface area contributed by atoms with Gasteiger partial charge in [-0.1, -0.05) is 0 Å². The molecule has 2 saturated heterocycles. The second-order valence-corrected chi connectivity index (χ2v) is 7.75. The number of aromatic nitrogens is 3. The van der Waals surface area contributed by atoms with Gasteiger partial charge in [-0.25, -0.2) is 4.98 Å². The number of nitrogens with zero attached hydrogens (tertiary/aromatic N) is 5. The maximum absolute atomic E-state index is 12.8. The average molecular weight is 364 g/mol. The third-order valence-corrected chi connectivity index (χ3v) is 6.05. The van der Waals surface area contributed by atoms with Gasteiger partial charge in [0.1, 0.15) is 5.82 Å². The summed E-state index contributed by atoms with van der Waals surface area (Å²) in [5, 5.41) is 7.95. The molecule has 7 nitrogen and oxygen atoms in total. The van der Waals surface area contributed by atoms with Gasteiger partial charge in [0.15, 0.2) is 5.65 Å². The fourth-order valence-electron chi connectivity index (χ4n) is 4.50. The van der Waals surface area contributed by atoms with Crippen LogP contribution in [-0.4, -0.2) is 64.7 Å². The lowest BCUT2D eigenvalue weighted by molar-refractivity contribution is -0.135. The molecular formula is C20H24N6O. The summed E-state index contributed by atoms with van der Waals surface area (Å²) in [6.45, 7) is 4.90. The van der Waals surface area contributed by atoms with Gasteiger partial charge in [-0.15, -0.1) is 12.3 Å². The Bertz CT molecular complexity index is 922. The third-order valence-electron chi connectivity index (χ3n) is 6.05. The van der Waals surface area contributed by atoms with Crippen LogP contribution in [-0.2, 0) is 17.6 Å². The number of carbonyl (C=O) groups is 1. The van der Waals surface area contributed by atoms with Crippen molar-refractivity contribution in [2.24, 2.45) is 11.8 Å². The number of terminal acetylenes is 1. The van der Waals surface area contributed by atoms with Crippen molar-refractivity contribution in [1.82, 2.24) is 24.8 Å². The van der Waals surface area contributed by atoms with Crippen LogP contribution in [0.25, 0.3) is 5.65 Å². The van der Waals surface area contributed by atoms with E-state index >= 15 is 0 Å². The van der Waals surface area contributed by atoms with Crippen LogP contribution in [0.2, 0.25) is 0 Å². The molecule has 5 rings (SSSR count). The molecule has 2 aromatic heterocycles. The number of amides is 1. The Balaban J connectivity index is 1.38. The molecule has 27 heavy (non-hydrogen) atoms. The first-order chi connectivity index (χ1) is 13.2. The van der Waals surface area contributed by atoms with Gasteiger partial charge >= 0.3 is 0 Å². The predicted molar refractivity (Wildman–Crippen MR) is 102 cm³/mol. The van der Waals surface area contributed by atoms with E-state index in [-0.39, 0.29) is 17.7 Å². The fourth-order valence-corrected chi connectivity index (χ4v) is 4.50. The molecule has 0 saturated carbocycles. The van der Waals surface area contributed by atoms with Gasteiger partial charge in [0, 0.05) is 56.7 Å². The molecule has 2 fully saturated rings. The van der Waals surface area contributed by atoms with Crippen molar-refractivity contribution in [3.8, 4) is 12.3 Å². The highest BCUT2D eigenvalue weighted by Gasteiger charge is 2.39. The van der Waals surface area contributed by atoms with E-state index in [1.54, 1.807) is 6.20 Å². The van der Waals surface area contributed by atoms with E-state index in [9.17, 15) is 4.79 Å². The normalized spacial score (nSPS) is 23.0. The number of hydrogen-bond donors (Lipinski definition) is 1. The summed E-state index contributed by atoms with van der Waals surface area (Å²) in [5.41, 5.74) is 3.32. The first kappa shape index (κ1) is 16.6. The van der Waals surface area contributed by atoms with Crippen LogP contribution in [0, 0.1) is 24.2 Å². The van der Waals surface area contributed by atoms with E-state index in [1.165, 1.54) is 5.56 Å². The summed E-state index contributed by atoms with van der Waals surface area (Å²) in [5.74, 6) is 4.44. The van der Waals surface area contributed by atoms with Gasteiger partial charge in [-0.2, -0.15) is 9.61 Å². The molecule has 1 atom stereocenters. The number of rotatable bonds is 2. The molecule has 140 valence electrons. The Morgan fingerprint density at radius 2 is 2.11 bits per heavy atom. The number of fused-ring (bicyclic) bond motifs is 2. The smallest absolute Gasteiger partial charge is 0.229 e. The van der Waals surface area contributed by atoms with Gasteiger partial charge < -0.3 is 15.1 Å². The van der Waals surface area contributed by atoms with E-state index in [2.05, 4.69) is 21.2 Å². The quantitative estimate of drug-likeness (QED) is 0.779. The highest BCUT2D eigenvalue weighted by Crippen LogP contribution is 2.32. The highest BCUT2D eigenvalue weighted by molar-refractivity contribution is 5.82. The predicted octanol–water partition coefficient (Wildman–Crippen LogP) is 0.335. The molecule has 1 unspecified atom stereocenters. The van der Waals surface area contributed by atoms with Gasteiger partial charge in [-0.3, -0.25) is 4.79 Å². The molecule has 1 N–H and O–H groups in total. The molecule has 7 heteroatoms. The maximum Gasteiger partial charge on any atom is 0.229 e. The third kappa shape index (κ3) is 2.76. The van der Waals surface area contributed by atoms with Crippen LogP contribution in [0.5, 0.6) is 0 Å².